The van der Waals surface area contributed by atoms with E-state index in [1.807, 2.05) is 41.8 Å². The van der Waals surface area contributed by atoms with Gasteiger partial charge in [-0.3, -0.25) is 9.59 Å². The van der Waals surface area contributed by atoms with Gasteiger partial charge in [-0.1, -0.05) is 11.8 Å². The molecule has 7 nitrogen and oxygen atoms in total. The number of carbonyl (C=O) groups excluding carboxylic acids is 2. The summed E-state index contributed by atoms with van der Waals surface area (Å²) in [6.45, 7) is 3.52. The number of benzene rings is 2. The maximum atomic E-state index is 11.4. The Morgan fingerprint density at radius 1 is 0.966 bits per heavy atom. The molecule has 148 valence electrons. The number of rotatable bonds is 5. The number of fused-ring (bicyclic) bond motifs is 2. The van der Waals surface area contributed by atoms with Gasteiger partial charge in [0.05, 0.1) is 18.0 Å². The topological polar surface area (TPSA) is 86.4 Å². The van der Waals surface area contributed by atoms with Crippen LogP contribution in [-0.4, -0.2) is 23.5 Å². The summed E-state index contributed by atoms with van der Waals surface area (Å²) in [4.78, 5) is 31.4. The van der Waals surface area contributed by atoms with E-state index in [0.29, 0.717) is 6.67 Å². The monoisotopic (exact) mass is 425 g/mol. The van der Waals surface area contributed by atoms with Gasteiger partial charge in [0, 0.05) is 46.6 Å². The Morgan fingerprint density at radius 2 is 1.55 bits per heavy atom. The van der Waals surface area contributed by atoms with E-state index in [-0.39, 0.29) is 11.8 Å². The average Bonchev–Trinajstić information content (AvgIpc) is 3.17. The first-order chi connectivity index (χ1) is 14.0. The van der Waals surface area contributed by atoms with Crippen LogP contribution in [0.2, 0.25) is 0 Å². The summed E-state index contributed by atoms with van der Waals surface area (Å²) in [6.07, 6.45) is 1.76. The zero-order valence-corrected chi connectivity index (χ0v) is 17.5. The first-order valence-electron chi connectivity index (χ1n) is 8.91. The Balaban J connectivity index is 1.70. The lowest BCUT2D eigenvalue weighted by atomic mass is 10.2. The quantitative estimate of drug-likeness (QED) is 0.548. The third-order valence-corrected chi connectivity index (χ3v) is 6.01. The molecule has 0 radical (unpaired) electrons. The molecular weight excluding hydrogens is 406 g/mol. The zero-order chi connectivity index (χ0) is 20.4. The molecule has 3 aromatic rings. The highest BCUT2D eigenvalue weighted by Gasteiger charge is 2.24. The smallest absolute Gasteiger partial charge is 0.221 e. The number of nitrogens with one attached hydrogen (secondary N) is 3. The van der Waals surface area contributed by atoms with Crippen LogP contribution in [0.25, 0.3) is 0 Å². The molecule has 0 bridgehead atoms. The van der Waals surface area contributed by atoms with Gasteiger partial charge in [0.2, 0.25) is 11.8 Å². The van der Waals surface area contributed by atoms with E-state index < -0.39 is 0 Å². The molecule has 0 fully saturated rings. The van der Waals surface area contributed by atoms with Crippen LogP contribution in [0.1, 0.15) is 13.8 Å². The SMILES string of the molecule is CC(=O)Nc1ccc2c(c1)Sc1cc(NC(C)=O)ccc1N2CNc1nccs1. The van der Waals surface area contributed by atoms with E-state index in [1.165, 1.54) is 13.8 Å². The van der Waals surface area contributed by atoms with E-state index in [1.54, 1.807) is 29.3 Å². The molecule has 3 N–H and O–H groups in total. The molecule has 0 spiro atoms. The number of thiazole rings is 1. The standard InChI is InChI=1S/C20H19N5O2S2/c1-12(26)23-14-3-5-16-18(9-14)29-19-10-15(24-13(2)27)4-6-17(19)25(16)11-22-20-21-7-8-28-20/h3-10H,11H2,1-2H3,(H,21,22)(H,23,26)(H,24,27). The Hall–Kier alpha value is -3.04. The van der Waals surface area contributed by atoms with Crippen LogP contribution in [0.4, 0.5) is 27.9 Å². The number of amides is 2. The number of hydrogen-bond donors (Lipinski definition) is 3. The van der Waals surface area contributed by atoms with Crippen molar-refractivity contribution in [1.82, 2.24) is 4.98 Å². The second kappa shape index (κ2) is 8.14. The molecule has 2 amide bonds. The van der Waals surface area contributed by atoms with Crippen LogP contribution in [0.15, 0.2) is 57.8 Å². The minimum Gasteiger partial charge on any atom is -0.344 e. The van der Waals surface area contributed by atoms with Crippen LogP contribution in [0, 0.1) is 0 Å². The molecule has 1 aliphatic rings. The van der Waals surface area contributed by atoms with E-state index >= 15 is 0 Å². The first kappa shape index (κ1) is 19.3. The number of nitrogens with zero attached hydrogens (tertiary/aromatic N) is 2. The summed E-state index contributed by atoms with van der Waals surface area (Å²) in [5, 5.41) is 11.8. The molecule has 0 aliphatic carbocycles. The molecule has 1 aliphatic heterocycles. The highest BCUT2D eigenvalue weighted by molar-refractivity contribution is 7.99. The van der Waals surface area contributed by atoms with Crippen LogP contribution >= 0.6 is 23.1 Å². The van der Waals surface area contributed by atoms with Crippen LogP contribution in [-0.2, 0) is 9.59 Å². The van der Waals surface area contributed by atoms with Gasteiger partial charge in [0.1, 0.15) is 0 Å². The second-order valence-corrected chi connectivity index (χ2v) is 8.41. The van der Waals surface area contributed by atoms with Gasteiger partial charge in [-0.05, 0) is 36.4 Å². The fourth-order valence-corrected chi connectivity index (χ4v) is 4.77. The van der Waals surface area contributed by atoms with Crippen molar-refractivity contribution in [2.24, 2.45) is 0 Å². The molecule has 0 atom stereocenters. The van der Waals surface area contributed by atoms with Crippen LogP contribution < -0.4 is 20.9 Å². The summed E-state index contributed by atoms with van der Waals surface area (Å²) in [6, 6.07) is 11.7. The van der Waals surface area contributed by atoms with E-state index in [4.69, 9.17) is 0 Å². The van der Waals surface area contributed by atoms with Crippen LogP contribution in [0.3, 0.4) is 0 Å². The predicted octanol–water partition coefficient (Wildman–Crippen LogP) is 4.73. The zero-order valence-electron chi connectivity index (χ0n) is 15.9. The fourth-order valence-electron chi connectivity index (χ4n) is 3.08. The van der Waals surface area contributed by atoms with Crippen molar-refractivity contribution in [1.29, 1.82) is 0 Å². The molecule has 1 aromatic heterocycles. The van der Waals surface area contributed by atoms with Gasteiger partial charge in [0.15, 0.2) is 5.13 Å². The van der Waals surface area contributed by atoms with Gasteiger partial charge in [-0.25, -0.2) is 4.98 Å². The number of aromatic nitrogens is 1. The Kier molecular flexibility index (Phi) is 5.41. The van der Waals surface area contributed by atoms with Gasteiger partial charge in [-0.2, -0.15) is 0 Å². The van der Waals surface area contributed by atoms with Gasteiger partial charge >= 0.3 is 0 Å². The van der Waals surface area contributed by atoms with Crippen molar-refractivity contribution in [3.8, 4) is 0 Å². The maximum Gasteiger partial charge on any atom is 0.221 e. The highest BCUT2D eigenvalue weighted by atomic mass is 32.2. The summed E-state index contributed by atoms with van der Waals surface area (Å²) >= 11 is 3.15. The van der Waals surface area contributed by atoms with Gasteiger partial charge < -0.3 is 20.9 Å². The minimum absolute atomic E-state index is 0.110. The van der Waals surface area contributed by atoms with Gasteiger partial charge in [-0.15, -0.1) is 11.3 Å². The van der Waals surface area contributed by atoms with Crippen molar-refractivity contribution in [3.63, 3.8) is 0 Å². The molecule has 4 rings (SSSR count). The molecule has 0 unspecified atom stereocenters. The molecule has 9 heteroatoms. The lowest BCUT2D eigenvalue weighted by molar-refractivity contribution is -0.115. The number of hydrogen-bond acceptors (Lipinski definition) is 7. The molecule has 2 aromatic carbocycles. The van der Waals surface area contributed by atoms with Crippen molar-refractivity contribution in [2.45, 2.75) is 23.6 Å². The average molecular weight is 426 g/mol. The summed E-state index contributed by atoms with van der Waals surface area (Å²) in [5.74, 6) is -0.220. The lowest BCUT2D eigenvalue weighted by Gasteiger charge is -2.33. The highest BCUT2D eigenvalue weighted by Crippen LogP contribution is 2.49. The minimum atomic E-state index is -0.110. The first-order valence-corrected chi connectivity index (χ1v) is 10.6. The lowest BCUT2D eigenvalue weighted by Crippen LogP contribution is -2.27. The molecule has 29 heavy (non-hydrogen) atoms. The third-order valence-electron chi connectivity index (χ3n) is 4.18. The van der Waals surface area contributed by atoms with Gasteiger partial charge in [0.25, 0.3) is 0 Å². The van der Waals surface area contributed by atoms with Crippen molar-refractivity contribution in [3.05, 3.63) is 48.0 Å². The maximum absolute atomic E-state index is 11.4. The van der Waals surface area contributed by atoms with Crippen molar-refractivity contribution < 1.29 is 9.59 Å². The molecular formula is C20H19N5O2S2. The molecule has 0 saturated carbocycles. The summed E-state index contributed by atoms with van der Waals surface area (Å²) in [5.41, 5.74) is 3.57. The number of carbonyl (C=O) groups is 2. The predicted molar refractivity (Wildman–Crippen MR) is 118 cm³/mol. The van der Waals surface area contributed by atoms with E-state index in [0.717, 1.165) is 37.7 Å². The largest absolute Gasteiger partial charge is 0.344 e. The van der Waals surface area contributed by atoms with Crippen molar-refractivity contribution >= 4 is 62.8 Å². The molecule has 2 heterocycles. The van der Waals surface area contributed by atoms with E-state index in [9.17, 15) is 9.59 Å². The molecule has 0 saturated heterocycles. The Bertz CT molecular complexity index is 1000. The Morgan fingerprint density at radius 3 is 2.03 bits per heavy atom. The third kappa shape index (κ3) is 4.36. The normalized spacial score (nSPS) is 12.0. The summed E-state index contributed by atoms with van der Waals surface area (Å²) in [7, 11) is 0. The second-order valence-electron chi connectivity index (χ2n) is 6.43. The Labute approximate surface area is 176 Å². The van der Waals surface area contributed by atoms with Crippen molar-refractivity contribution in [2.75, 3.05) is 27.5 Å². The number of anilines is 5. The summed E-state index contributed by atoms with van der Waals surface area (Å²) < 4.78 is 0. The van der Waals surface area contributed by atoms with Crippen LogP contribution in [0.5, 0.6) is 0 Å². The fraction of sp³-hybridized carbons (Fsp3) is 0.150. The van der Waals surface area contributed by atoms with E-state index in [2.05, 4.69) is 25.8 Å².